The summed E-state index contributed by atoms with van der Waals surface area (Å²) in [7, 11) is 0. The second kappa shape index (κ2) is 7.95. The van der Waals surface area contributed by atoms with Crippen LogP contribution in [0.4, 0.5) is 17.5 Å². The first-order valence-electron chi connectivity index (χ1n) is 8.88. The van der Waals surface area contributed by atoms with Gasteiger partial charge < -0.3 is 10.2 Å². The molecule has 0 saturated carbocycles. The fraction of sp³-hybridized carbons (Fsp3) is 0.286. The second-order valence-electron chi connectivity index (χ2n) is 6.74. The van der Waals surface area contributed by atoms with E-state index in [-0.39, 0.29) is 6.04 Å². The monoisotopic (exact) mass is 347 g/mol. The predicted octanol–water partition coefficient (Wildman–Crippen LogP) is 4.65. The van der Waals surface area contributed by atoms with Crippen molar-refractivity contribution in [1.29, 1.82) is 0 Å². The Morgan fingerprint density at radius 1 is 0.962 bits per heavy atom. The van der Waals surface area contributed by atoms with E-state index in [1.807, 2.05) is 18.2 Å². The number of hydrogen-bond acceptors (Lipinski definition) is 5. The Morgan fingerprint density at radius 2 is 1.65 bits per heavy atom. The van der Waals surface area contributed by atoms with Crippen molar-refractivity contribution in [2.24, 2.45) is 0 Å². The minimum Gasteiger partial charge on any atom is -0.338 e. The number of nitrogens with one attached hydrogen (secondary N) is 1. The first-order valence-corrected chi connectivity index (χ1v) is 8.88. The van der Waals surface area contributed by atoms with Gasteiger partial charge in [0, 0.05) is 18.3 Å². The van der Waals surface area contributed by atoms with Gasteiger partial charge in [0.25, 0.3) is 0 Å². The van der Waals surface area contributed by atoms with Crippen LogP contribution in [0.15, 0.2) is 54.7 Å². The molecule has 0 fully saturated rings. The molecular weight excluding hydrogens is 322 g/mol. The van der Waals surface area contributed by atoms with Crippen LogP contribution < -0.4 is 10.2 Å². The van der Waals surface area contributed by atoms with Gasteiger partial charge in [0.1, 0.15) is 0 Å². The van der Waals surface area contributed by atoms with Crippen LogP contribution in [-0.2, 0) is 6.54 Å². The van der Waals surface area contributed by atoms with Gasteiger partial charge in [-0.3, -0.25) is 0 Å². The van der Waals surface area contributed by atoms with E-state index < -0.39 is 0 Å². The van der Waals surface area contributed by atoms with Gasteiger partial charge in [-0.25, -0.2) is 0 Å². The number of rotatable bonds is 6. The molecule has 26 heavy (non-hydrogen) atoms. The number of nitrogens with zero attached hydrogens (tertiary/aromatic N) is 4. The molecule has 0 saturated heterocycles. The van der Waals surface area contributed by atoms with Crippen molar-refractivity contribution in [3.63, 3.8) is 0 Å². The van der Waals surface area contributed by atoms with Gasteiger partial charge in [-0.2, -0.15) is 10.1 Å². The van der Waals surface area contributed by atoms with Gasteiger partial charge >= 0.3 is 0 Å². The van der Waals surface area contributed by atoms with Gasteiger partial charge in [-0.15, -0.1) is 5.10 Å². The molecule has 0 aliphatic rings. The lowest BCUT2D eigenvalue weighted by Gasteiger charge is -2.26. The molecule has 5 nitrogen and oxygen atoms in total. The summed E-state index contributed by atoms with van der Waals surface area (Å²) in [5.74, 6) is 1.33. The number of para-hydroxylation sites is 1. The van der Waals surface area contributed by atoms with Crippen LogP contribution in [-0.4, -0.2) is 21.2 Å². The van der Waals surface area contributed by atoms with Crippen molar-refractivity contribution in [2.45, 2.75) is 40.3 Å². The molecule has 3 aromatic rings. The van der Waals surface area contributed by atoms with E-state index in [2.05, 4.69) is 78.4 Å². The topological polar surface area (TPSA) is 53.9 Å². The fourth-order valence-corrected chi connectivity index (χ4v) is 2.88. The largest absolute Gasteiger partial charge is 0.338 e. The SMILES string of the molecule is Cc1cccc(C)c1Nc1cnnc(N(Cc2ccccc2)C(C)C)n1. The summed E-state index contributed by atoms with van der Waals surface area (Å²) < 4.78 is 0. The maximum atomic E-state index is 4.71. The maximum Gasteiger partial charge on any atom is 0.247 e. The third-order valence-electron chi connectivity index (χ3n) is 4.36. The third-order valence-corrected chi connectivity index (χ3v) is 4.36. The summed E-state index contributed by atoms with van der Waals surface area (Å²) in [4.78, 5) is 6.86. The third kappa shape index (κ3) is 4.17. The van der Waals surface area contributed by atoms with Crippen LogP contribution in [0, 0.1) is 13.8 Å². The van der Waals surface area contributed by atoms with E-state index in [1.54, 1.807) is 6.20 Å². The molecule has 5 heteroatoms. The molecule has 0 radical (unpaired) electrons. The number of anilines is 3. The molecule has 1 aromatic heterocycles. The van der Waals surface area contributed by atoms with E-state index in [0.717, 1.165) is 12.2 Å². The van der Waals surface area contributed by atoms with Crippen molar-refractivity contribution < 1.29 is 0 Å². The zero-order chi connectivity index (χ0) is 18.5. The number of benzene rings is 2. The van der Waals surface area contributed by atoms with Gasteiger partial charge in [-0.1, -0.05) is 48.5 Å². The molecule has 1 N–H and O–H groups in total. The molecule has 0 bridgehead atoms. The average molecular weight is 347 g/mol. The van der Waals surface area contributed by atoms with E-state index in [1.165, 1.54) is 16.7 Å². The molecule has 0 aliphatic carbocycles. The molecule has 0 spiro atoms. The van der Waals surface area contributed by atoms with Gasteiger partial charge in [0.05, 0.1) is 6.20 Å². The summed E-state index contributed by atoms with van der Waals surface area (Å²) in [6, 6.07) is 16.8. The van der Waals surface area contributed by atoms with Crippen LogP contribution in [0.25, 0.3) is 0 Å². The Hall–Kier alpha value is -2.95. The lowest BCUT2D eigenvalue weighted by molar-refractivity contribution is 0.653. The van der Waals surface area contributed by atoms with Crippen LogP contribution in [0.2, 0.25) is 0 Å². The van der Waals surface area contributed by atoms with E-state index in [4.69, 9.17) is 4.98 Å². The maximum absolute atomic E-state index is 4.71. The fourth-order valence-electron chi connectivity index (χ4n) is 2.88. The molecule has 0 amide bonds. The first-order chi connectivity index (χ1) is 12.5. The highest BCUT2D eigenvalue weighted by molar-refractivity contribution is 5.64. The molecule has 1 heterocycles. The van der Waals surface area contributed by atoms with Crippen molar-refractivity contribution >= 4 is 17.5 Å². The minimum atomic E-state index is 0.257. The van der Waals surface area contributed by atoms with Crippen molar-refractivity contribution in [3.05, 3.63) is 71.4 Å². The lowest BCUT2D eigenvalue weighted by atomic mass is 10.1. The van der Waals surface area contributed by atoms with E-state index >= 15 is 0 Å². The molecule has 0 aliphatic heterocycles. The van der Waals surface area contributed by atoms with Crippen LogP contribution in [0.1, 0.15) is 30.5 Å². The Labute approximate surface area is 155 Å². The molecule has 0 unspecified atom stereocenters. The smallest absolute Gasteiger partial charge is 0.247 e. The number of aryl methyl sites for hydroxylation is 2. The summed E-state index contributed by atoms with van der Waals surface area (Å²) in [6.45, 7) is 9.18. The normalized spacial score (nSPS) is 10.8. The molecular formula is C21H25N5. The highest BCUT2D eigenvalue weighted by Crippen LogP contribution is 2.24. The summed E-state index contributed by atoms with van der Waals surface area (Å²) >= 11 is 0. The van der Waals surface area contributed by atoms with E-state index in [0.29, 0.717) is 11.8 Å². The molecule has 134 valence electrons. The Bertz CT molecular complexity index is 841. The predicted molar refractivity (Wildman–Crippen MR) is 107 cm³/mol. The standard InChI is InChI=1S/C21H25N5/c1-15(2)26(14-18-11-6-5-7-12-18)21-24-19(13-22-25-21)23-20-16(3)9-8-10-17(20)4/h5-13,15H,14H2,1-4H3,(H,23,24,25). The molecule has 3 rings (SSSR count). The zero-order valence-corrected chi connectivity index (χ0v) is 15.8. The molecule has 0 atom stereocenters. The minimum absolute atomic E-state index is 0.257. The number of hydrogen-bond donors (Lipinski definition) is 1. The van der Waals surface area contributed by atoms with Crippen molar-refractivity contribution in [3.8, 4) is 0 Å². The molecule has 2 aromatic carbocycles. The Kier molecular flexibility index (Phi) is 5.46. The lowest BCUT2D eigenvalue weighted by Crippen LogP contribution is -2.32. The van der Waals surface area contributed by atoms with Crippen LogP contribution in [0.3, 0.4) is 0 Å². The zero-order valence-electron chi connectivity index (χ0n) is 15.8. The highest BCUT2D eigenvalue weighted by Gasteiger charge is 2.16. The number of aromatic nitrogens is 3. The van der Waals surface area contributed by atoms with Gasteiger partial charge in [0.2, 0.25) is 5.95 Å². The first kappa shape index (κ1) is 17.9. The second-order valence-corrected chi connectivity index (χ2v) is 6.74. The summed E-state index contributed by atoms with van der Waals surface area (Å²) in [5.41, 5.74) is 4.64. The van der Waals surface area contributed by atoms with Gasteiger partial charge in [0.15, 0.2) is 5.82 Å². The van der Waals surface area contributed by atoms with Crippen LogP contribution in [0.5, 0.6) is 0 Å². The summed E-state index contributed by atoms with van der Waals surface area (Å²) in [6.07, 6.45) is 1.66. The quantitative estimate of drug-likeness (QED) is 0.703. The van der Waals surface area contributed by atoms with Crippen LogP contribution >= 0.6 is 0 Å². The van der Waals surface area contributed by atoms with Crippen molar-refractivity contribution in [1.82, 2.24) is 15.2 Å². The Balaban J connectivity index is 1.87. The van der Waals surface area contributed by atoms with E-state index in [9.17, 15) is 0 Å². The Morgan fingerprint density at radius 3 is 2.31 bits per heavy atom. The summed E-state index contributed by atoms with van der Waals surface area (Å²) in [5, 5.41) is 11.8. The van der Waals surface area contributed by atoms with Gasteiger partial charge in [-0.05, 0) is 44.4 Å². The average Bonchev–Trinajstić information content (AvgIpc) is 2.64. The van der Waals surface area contributed by atoms with Crippen molar-refractivity contribution in [2.75, 3.05) is 10.2 Å². The highest BCUT2D eigenvalue weighted by atomic mass is 15.3.